The van der Waals surface area contributed by atoms with Crippen LogP contribution in [0, 0.1) is 6.92 Å². The summed E-state index contributed by atoms with van der Waals surface area (Å²) < 4.78 is 5.47. The molecule has 21 heavy (non-hydrogen) atoms. The topological polar surface area (TPSA) is 61.0 Å². The molecule has 0 unspecified atom stereocenters. The fourth-order valence-electron chi connectivity index (χ4n) is 2.90. The predicted molar refractivity (Wildman–Crippen MR) is 84.4 cm³/mol. The largest absolute Gasteiger partial charge is 0.496 e. The number of aryl methyl sites for hydroxylation is 2. The molecule has 0 fully saturated rings. The molecule has 1 heterocycles. The Kier molecular flexibility index (Phi) is 3.78. The maximum absolute atomic E-state index is 6.18. The highest BCUT2D eigenvalue weighted by molar-refractivity contribution is 5.66. The van der Waals surface area contributed by atoms with Crippen LogP contribution in [0.3, 0.4) is 0 Å². The van der Waals surface area contributed by atoms with Gasteiger partial charge in [0.1, 0.15) is 11.6 Å². The van der Waals surface area contributed by atoms with E-state index in [2.05, 4.69) is 4.98 Å². The average molecular weight is 283 g/mol. The molecular formula is C17H21N3O. The van der Waals surface area contributed by atoms with Gasteiger partial charge in [0, 0.05) is 11.3 Å². The predicted octanol–water partition coefficient (Wildman–Crippen LogP) is 3.31. The Morgan fingerprint density at radius 1 is 1.10 bits per heavy atom. The summed E-state index contributed by atoms with van der Waals surface area (Å²) in [7, 11) is 1.67. The normalized spacial score (nSPS) is 14.4. The summed E-state index contributed by atoms with van der Waals surface area (Å²) in [5, 5.41) is 0. The molecule has 0 atom stereocenters. The lowest BCUT2D eigenvalue weighted by Crippen LogP contribution is -2.07. The average Bonchev–Trinajstić information content (AvgIpc) is 2.72. The van der Waals surface area contributed by atoms with E-state index in [1.165, 1.54) is 19.3 Å². The maximum Gasteiger partial charge on any atom is 0.165 e. The summed E-state index contributed by atoms with van der Waals surface area (Å²) in [6.07, 6.45) is 5.57. The molecule has 4 nitrogen and oxygen atoms in total. The zero-order chi connectivity index (χ0) is 14.8. The van der Waals surface area contributed by atoms with Crippen LogP contribution in [-0.4, -0.2) is 17.1 Å². The van der Waals surface area contributed by atoms with Crippen LogP contribution >= 0.6 is 0 Å². The quantitative estimate of drug-likeness (QED) is 0.859. The fourth-order valence-corrected chi connectivity index (χ4v) is 2.90. The van der Waals surface area contributed by atoms with Crippen molar-refractivity contribution < 1.29 is 4.74 Å². The maximum atomic E-state index is 6.18. The third kappa shape index (κ3) is 2.71. The number of nitrogen functional groups attached to an aromatic ring is 1. The molecule has 0 saturated carbocycles. The first-order valence-electron chi connectivity index (χ1n) is 7.49. The van der Waals surface area contributed by atoms with Crippen molar-refractivity contribution in [1.29, 1.82) is 0 Å². The van der Waals surface area contributed by atoms with Crippen LogP contribution in [0.1, 0.15) is 36.1 Å². The van der Waals surface area contributed by atoms with Gasteiger partial charge in [-0.15, -0.1) is 0 Å². The molecule has 1 aromatic heterocycles. The van der Waals surface area contributed by atoms with E-state index in [-0.39, 0.29) is 0 Å². The second-order valence-corrected chi connectivity index (χ2v) is 5.62. The van der Waals surface area contributed by atoms with E-state index < -0.39 is 0 Å². The first kappa shape index (κ1) is 13.9. The number of benzene rings is 1. The second-order valence-electron chi connectivity index (χ2n) is 5.62. The Labute approximate surface area is 125 Å². The van der Waals surface area contributed by atoms with Crippen molar-refractivity contribution in [3.05, 3.63) is 35.0 Å². The fraction of sp³-hybridized carbons (Fsp3) is 0.412. The Hall–Kier alpha value is -2.10. The zero-order valence-corrected chi connectivity index (χ0v) is 12.6. The van der Waals surface area contributed by atoms with Gasteiger partial charge in [0.2, 0.25) is 0 Å². The van der Waals surface area contributed by atoms with Gasteiger partial charge in [-0.05, 0) is 50.3 Å². The highest BCUT2D eigenvalue weighted by atomic mass is 16.5. The van der Waals surface area contributed by atoms with E-state index in [0.717, 1.165) is 41.0 Å². The number of methoxy groups -OCH3 is 1. The van der Waals surface area contributed by atoms with E-state index in [1.54, 1.807) is 7.11 Å². The lowest BCUT2D eigenvalue weighted by molar-refractivity contribution is 0.416. The molecule has 3 rings (SSSR count). The van der Waals surface area contributed by atoms with Crippen molar-refractivity contribution in [3.63, 3.8) is 0 Å². The summed E-state index contributed by atoms with van der Waals surface area (Å²) in [6.45, 7) is 2.04. The summed E-state index contributed by atoms with van der Waals surface area (Å²) in [4.78, 5) is 9.29. The minimum absolute atomic E-state index is 0.625. The summed E-state index contributed by atoms with van der Waals surface area (Å²) >= 11 is 0. The number of ether oxygens (including phenoxy) is 1. The number of anilines is 1. The number of nitrogens with zero attached hydrogens (tertiary/aromatic N) is 2. The zero-order valence-electron chi connectivity index (χ0n) is 12.6. The molecule has 0 saturated heterocycles. The van der Waals surface area contributed by atoms with Gasteiger partial charge in [-0.3, -0.25) is 0 Å². The summed E-state index contributed by atoms with van der Waals surface area (Å²) in [5.41, 5.74) is 10.5. The monoisotopic (exact) mass is 283 g/mol. The Balaban J connectivity index is 2.11. The van der Waals surface area contributed by atoms with Crippen molar-refractivity contribution in [1.82, 2.24) is 9.97 Å². The van der Waals surface area contributed by atoms with Gasteiger partial charge in [0.25, 0.3) is 0 Å². The minimum Gasteiger partial charge on any atom is -0.496 e. The molecule has 110 valence electrons. The standard InChI is InChI=1S/C17H21N3O/c1-11-8-9-13(15(10-11)21-2)17-19-14-7-5-3-4-6-12(14)16(18)20-17/h8-10H,3-7H2,1-2H3,(H2,18,19,20). The van der Waals surface area contributed by atoms with E-state index >= 15 is 0 Å². The van der Waals surface area contributed by atoms with E-state index in [4.69, 9.17) is 15.5 Å². The van der Waals surface area contributed by atoms with Gasteiger partial charge in [0.15, 0.2) is 5.82 Å². The lowest BCUT2D eigenvalue weighted by atomic mass is 10.1. The van der Waals surface area contributed by atoms with Crippen LogP contribution in [0.4, 0.5) is 5.82 Å². The van der Waals surface area contributed by atoms with Crippen LogP contribution < -0.4 is 10.5 Å². The second kappa shape index (κ2) is 5.72. The van der Waals surface area contributed by atoms with Gasteiger partial charge >= 0.3 is 0 Å². The van der Waals surface area contributed by atoms with Gasteiger partial charge in [-0.2, -0.15) is 0 Å². The van der Waals surface area contributed by atoms with Gasteiger partial charge < -0.3 is 10.5 Å². The molecule has 1 aliphatic rings. The van der Waals surface area contributed by atoms with Crippen LogP contribution in [0.2, 0.25) is 0 Å². The number of fused-ring (bicyclic) bond motifs is 1. The van der Waals surface area contributed by atoms with E-state index in [9.17, 15) is 0 Å². The molecule has 0 aliphatic heterocycles. The highest BCUT2D eigenvalue weighted by Crippen LogP contribution is 2.31. The minimum atomic E-state index is 0.625. The number of hydrogen-bond acceptors (Lipinski definition) is 4. The van der Waals surface area contributed by atoms with Crippen LogP contribution in [0.25, 0.3) is 11.4 Å². The third-order valence-electron chi connectivity index (χ3n) is 4.06. The molecule has 0 radical (unpaired) electrons. The Bertz CT molecular complexity index is 667. The Morgan fingerprint density at radius 3 is 2.71 bits per heavy atom. The third-order valence-corrected chi connectivity index (χ3v) is 4.06. The van der Waals surface area contributed by atoms with Gasteiger partial charge in [-0.1, -0.05) is 12.5 Å². The van der Waals surface area contributed by atoms with Gasteiger partial charge in [0.05, 0.1) is 12.7 Å². The van der Waals surface area contributed by atoms with E-state index in [1.807, 2.05) is 25.1 Å². The van der Waals surface area contributed by atoms with E-state index in [0.29, 0.717) is 11.6 Å². The first-order valence-corrected chi connectivity index (χ1v) is 7.49. The molecule has 2 N–H and O–H groups in total. The SMILES string of the molecule is COc1cc(C)ccc1-c1nc(N)c2c(n1)CCCCC2. The van der Waals surface area contributed by atoms with Crippen molar-refractivity contribution >= 4 is 5.82 Å². The molecule has 0 amide bonds. The van der Waals surface area contributed by atoms with Crippen molar-refractivity contribution in [3.8, 4) is 17.1 Å². The molecule has 0 bridgehead atoms. The lowest BCUT2D eigenvalue weighted by Gasteiger charge is -2.13. The van der Waals surface area contributed by atoms with Crippen LogP contribution in [-0.2, 0) is 12.8 Å². The number of aromatic nitrogens is 2. The molecule has 0 spiro atoms. The number of nitrogens with two attached hydrogens (primary N) is 1. The van der Waals surface area contributed by atoms with Crippen LogP contribution in [0.5, 0.6) is 5.75 Å². The number of hydrogen-bond donors (Lipinski definition) is 1. The molecule has 2 aromatic rings. The van der Waals surface area contributed by atoms with Gasteiger partial charge in [-0.25, -0.2) is 9.97 Å². The summed E-state index contributed by atoms with van der Waals surface area (Å²) in [6, 6.07) is 6.05. The molecular weight excluding hydrogens is 262 g/mol. The van der Waals surface area contributed by atoms with Crippen molar-refractivity contribution in [2.45, 2.75) is 39.0 Å². The first-order chi connectivity index (χ1) is 10.2. The summed E-state index contributed by atoms with van der Waals surface area (Å²) in [5.74, 6) is 2.09. The molecule has 1 aliphatic carbocycles. The van der Waals surface area contributed by atoms with Crippen LogP contribution in [0.15, 0.2) is 18.2 Å². The molecule has 1 aromatic carbocycles. The Morgan fingerprint density at radius 2 is 1.90 bits per heavy atom. The highest BCUT2D eigenvalue weighted by Gasteiger charge is 2.17. The number of rotatable bonds is 2. The van der Waals surface area contributed by atoms with Crippen molar-refractivity contribution in [2.75, 3.05) is 12.8 Å². The van der Waals surface area contributed by atoms with Crippen molar-refractivity contribution in [2.24, 2.45) is 0 Å². The smallest absolute Gasteiger partial charge is 0.165 e. The molecule has 4 heteroatoms.